The standard InChI is InChI=1S/C17H24ClN3O2/c1-20-7-3-2-4-15(20)11-19-17(22)21-8-9-23-16-6-5-14(18)10-13(16)12-21/h5-6,10,15H,2-4,7-9,11-12H2,1H3,(H,19,22)/t15-/m0/s1. The van der Waals surface area contributed by atoms with Crippen molar-refractivity contribution in [1.29, 1.82) is 0 Å². The molecule has 2 heterocycles. The van der Waals surface area contributed by atoms with Crippen molar-refractivity contribution in [3.05, 3.63) is 28.8 Å². The van der Waals surface area contributed by atoms with E-state index in [1.54, 1.807) is 4.90 Å². The lowest BCUT2D eigenvalue weighted by atomic mass is 10.0. The number of hydrogen-bond donors (Lipinski definition) is 1. The minimum Gasteiger partial charge on any atom is -0.491 e. The van der Waals surface area contributed by atoms with Gasteiger partial charge in [-0.05, 0) is 44.6 Å². The lowest BCUT2D eigenvalue weighted by Crippen LogP contribution is -2.48. The van der Waals surface area contributed by atoms with E-state index < -0.39 is 0 Å². The second-order valence-corrected chi connectivity index (χ2v) is 6.77. The molecule has 3 rings (SSSR count). The third-order valence-corrected chi connectivity index (χ3v) is 4.94. The number of carbonyl (C=O) groups excluding carboxylic acids is 1. The van der Waals surface area contributed by atoms with Gasteiger partial charge < -0.3 is 19.9 Å². The van der Waals surface area contributed by atoms with E-state index in [4.69, 9.17) is 16.3 Å². The number of nitrogens with zero attached hydrogens (tertiary/aromatic N) is 2. The number of rotatable bonds is 2. The van der Waals surface area contributed by atoms with Crippen LogP contribution in [0.4, 0.5) is 4.79 Å². The predicted octanol–water partition coefficient (Wildman–Crippen LogP) is 2.73. The summed E-state index contributed by atoms with van der Waals surface area (Å²) >= 11 is 6.06. The number of amides is 2. The van der Waals surface area contributed by atoms with E-state index in [2.05, 4.69) is 17.3 Å². The summed E-state index contributed by atoms with van der Waals surface area (Å²) in [6, 6.07) is 5.97. The third kappa shape index (κ3) is 4.09. The van der Waals surface area contributed by atoms with E-state index in [1.165, 1.54) is 12.8 Å². The molecule has 1 saturated heterocycles. The largest absolute Gasteiger partial charge is 0.491 e. The highest BCUT2D eigenvalue weighted by Gasteiger charge is 2.23. The molecule has 0 radical (unpaired) electrons. The summed E-state index contributed by atoms with van der Waals surface area (Å²) in [6.07, 6.45) is 3.65. The number of piperidine rings is 1. The third-order valence-electron chi connectivity index (χ3n) is 4.70. The Balaban J connectivity index is 1.59. The summed E-state index contributed by atoms with van der Waals surface area (Å²) in [4.78, 5) is 16.6. The number of likely N-dealkylation sites (N-methyl/N-ethyl adjacent to an activating group) is 1. The lowest BCUT2D eigenvalue weighted by Gasteiger charge is -2.33. The maximum atomic E-state index is 12.5. The molecule has 0 saturated carbocycles. The van der Waals surface area contributed by atoms with Crippen LogP contribution in [0, 0.1) is 0 Å². The quantitative estimate of drug-likeness (QED) is 0.902. The van der Waals surface area contributed by atoms with E-state index in [0.29, 0.717) is 37.3 Å². The molecule has 1 aromatic rings. The molecule has 5 nitrogen and oxygen atoms in total. The van der Waals surface area contributed by atoms with Crippen LogP contribution in [0.25, 0.3) is 0 Å². The van der Waals surface area contributed by atoms with Crippen LogP contribution in [0.2, 0.25) is 5.02 Å². The van der Waals surface area contributed by atoms with Crippen LogP contribution in [-0.4, -0.2) is 55.2 Å². The second kappa shape index (κ2) is 7.41. The highest BCUT2D eigenvalue weighted by Crippen LogP contribution is 2.26. The van der Waals surface area contributed by atoms with E-state index in [1.807, 2.05) is 18.2 Å². The van der Waals surface area contributed by atoms with Gasteiger partial charge in [0.1, 0.15) is 12.4 Å². The molecule has 1 fully saturated rings. The number of likely N-dealkylation sites (tertiary alicyclic amines) is 1. The second-order valence-electron chi connectivity index (χ2n) is 6.34. The van der Waals surface area contributed by atoms with Crippen LogP contribution in [0.3, 0.4) is 0 Å². The average Bonchev–Trinajstić information content (AvgIpc) is 2.75. The molecule has 2 aliphatic heterocycles. The Hall–Kier alpha value is -1.46. The van der Waals surface area contributed by atoms with Crippen molar-refractivity contribution in [3.8, 4) is 5.75 Å². The van der Waals surface area contributed by atoms with Gasteiger partial charge >= 0.3 is 6.03 Å². The van der Waals surface area contributed by atoms with Crippen LogP contribution in [0.5, 0.6) is 5.75 Å². The summed E-state index contributed by atoms with van der Waals surface area (Å²) in [5, 5.41) is 3.75. The molecule has 0 aromatic heterocycles. The van der Waals surface area contributed by atoms with Crippen LogP contribution in [0.1, 0.15) is 24.8 Å². The summed E-state index contributed by atoms with van der Waals surface area (Å²) in [5.41, 5.74) is 0.958. The zero-order valence-corrected chi connectivity index (χ0v) is 14.3. The van der Waals surface area contributed by atoms with Crippen molar-refractivity contribution in [2.45, 2.75) is 31.8 Å². The van der Waals surface area contributed by atoms with Crippen LogP contribution in [-0.2, 0) is 6.54 Å². The van der Waals surface area contributed by atoms with E-state index >= 15 is 0 Å². The fourth-order valence-electron chi connectivity index (χ4n) is 3.26. The van der Waals surface area contributed by atoms with E-state index in [9.17, 15) is 4.79 Å². The zero-order chi connectivity index (χ0) is 16.2. The number of halogens is 1. The van der Waals surface area contributed by atoms with Crippen molar-refractivity contribution in [2.24, 2.45) is 0 Å². The summed E-state index contributed by atoms with van der Waals surface area (Å²) in [6.45, 7) is 3.44. The topological polar surface area (TPSA) is 44.8 Å². The lowest BCUT2D eigenvalue weighted by molar-refractivity contribution is 0.165. The van der Waals surface area contributed by atoms with E-state index in [0.717, 1.165) is 24.3 Å². The van der Waals surface area contributed by atoms with Gasteiger partial charge in [-0.1, -0.05) is 18.0 Å². The fraction of sp³-hybridized carbons (Fsp3) is 0.588. The first-order valence-electron chi connectivity index (χ1n) is 8.28. The Morgan fingerprint density at radius 1 is 1.39 bits per heavy atom. The summed E-state index contributed by atoms with van der Waals surface area (Å²) in [5.74, 6) is 0.816. The smallest absolute Gasteiger partial charge is 0.317 e. The first-order valence-corrected chi connectivity index (χ1v) is 8.65. The Labute approximate surface area is 142 Å². The van der Waals surface area contributed by atoms with Gasteiger partial charge in [-0.25, -0.2) is 4.79 Å². The van der Waals surface area contributed by atoms with Crippen molar-refractivity contribution >= 4 is 17.6 Å². The molecule has 0 aliphatic carbocycles. The molecule has 0 spiro atoms. The van der Waals surface area contributed by atoms with Gasteiger partial charge in [0.15, 0.2) is 0 Å². The molecular weight excluding hydrogens is 314 g/mol. The first-order chi connectivity index (χ1) is 11.1. The molecule has 0 unspecified atom stereocenters. The number of carbonyl (C=O) groups is 1. The highest BCUT2D eigenvalue weighted by molar-refractivity contribution is 6.30. The molecule has 1 aromatic carbocycles. The Morgan fingerprint density at radius 3 is 3.09 bits per heavy atom. The van der Waals surface area contributed by atoms with Gasteiger partial charge in [0.05, 0.1) is 13.1 Å². The molecule has 2 aliphatic rings. The zero-order valence-electron chi connectivity index (χ0n) is 13.6. The van der Waals surface area contributed by atoms with Crippen LogP contribution >= 0.6 is 11.6 Å². The Kier molecular flexibility index (Phi) is 5.28. The number of nitrogens with one attached hydrogen (secondary N) is 1. The molecule has 2 amide bonds. The van der Waals surface area contributed by atoms with Crippen molar-refractivity contribution < 1.29 is 9.53 Å². The molecule has 1 N–H and O–H groups in total. The molecule has 126 valence electrons. The van der Waals surface area contributed by atoms with E-state index in [-0.39, 0.29) is 6.03 Å². The van der Waals surface area contributed by atoms with Gasteiger partial charge in [-0.2, -0.15) is 0 Å². The van der Waals surface area contributed by atoms with Gasteiger partial charge in [0, 0.05) is 23.2 Å². The molecule has 6 heteroatoms. The van der Waals surface area contributed by atoms with Crippen LogP contribution in [0.15, 0.2) is 18.2 Å². The minimum absolute atomic E-state index is 0.0274. The average molecular weight is 338 g/mol. The Bertz CT molecular complexity index is 567. The van der Waals surface area contributed by atoms with Gasteiger partial charge in [0.25, 0.3) is 0 Å². The van der Waals surface area contributed by atoms with Gasteiger partial charge in [0.2, 0.25) is 0 Å². The normalized spacial score (nSPS) is 22.0. The maximum absolute atomic E-state index is 12.5. The number of fused-ring (bicyclic) bond motifs is 1. The highest BCUT2D eigenvalue weighted by atomic mass is 35.5. The molecule has 0 bridgehead atoms. The first kappa shape index (κ1) is 16.4. The Morgan fingerprint density at radius 2 is 2.26 bits per heavy atom. The summed E-state index contributed by atoms with van der Waals surface area (Å²) in [7, 11) is 2.13. The maximum Gasteiger partial charge on any atom is 0.317 e. The van der Waals surface area contributed by atoms with Crippen molar-refractivity contribution in [2.75, 3.05) is 33.3 Å². The fourth-order valence-corrected chi connectivity index (χ4v) is 3.45. The number of hydrogen-bond acceptors (Lipinski definition) is 3. The monoisotopic (exact) mass is 337 g/mol. The molecular formula is C17H24ClN3O2. The molecule has 1 atom stereocenters. The summed E-state index contributed by atoms with van der Waals surface area (Å²) < 4.78 is 5.71. The van der Waals surface area contributed by atoms with Crippen molar-refractivity contribution in [3.63, 3.8) is 0 Å². The van der Waals surface area contributed by atoms with Gasteiger partial charge in [-0.3, -0.25) is 0 Å². The number of urea groups is 1. The predicted molar refractivity (Wildman–Crippen MR) is 91.0 cm³/mol. The van der Waals surface area contributed by atoms with Crippen molar-refractivity contribution in [1.82, 2.24) is 15.1 Å². The number of ether oxygens (including phenoxy) is 1. The number of benzene rings is 1. The van der Waals surface area contributed by atoms with Crippen LogP contribution < -0.4 is 10.1 Å². The molecule has 23 heavy (non-hydrogen) atoms. The van der Waals surface area contributed by atoms with Gasteiger partial charge in [-0.15, -0.1) is 0 Å². The minimum atomic E-state index is -0.0274. The SMILES string of the molecule is CN1CCCC[C@H]1CNC(=O)N1CCOc2ccc(Cl)cc2C1.